The summed E-state index contributed by atoms with van der Waals surface area (Å²) in [6.45, 7) is 12.9. The number of anilines is 1. The van der Waals surface area contributed by atoms with E-state index in [0.29, 0.717) is 0 Å². The number of nitrogens with one attached hydrogen (secondary N) is 1. The van der Waals surface area contributed by atoms with Crippen molar-refractivity contribution in [2.45, 2.75) is 47.5 Å². The van der Waals surface area contributed by atoms with Crippen LogP contribution in [0, 0.1) is 20.8 Å². The number of hydrogen-bond acceptors (Lipinski definition) is 5. The summed E-state index contributed by atoms with van der Waals surface area (Å²) >= 11 is 0. The molecule has 2 rings (SSSR count). The van der Waals surface area contributed by atoms with Crippen LogP contribution in [0.25, 0.3) is 5.82 Å². The molecule has 20 heavy (non-hydrogen) atoms. The van der Waals surface area contributed by atoms with Crippen molar-refractivity contribution in [2.75, 3.05) is 11.9 Å². The van der Waals surface area contributed by atoms with Gasteiger partial charge in [0.2, 0.25) is 0 Å². The molecule has 0 bridgehead atoms. The van der Waals surface area contributed by atoms with Crippen molar-refractivity contribution in [3.63, 3.8) is 0 Å². The first-order chi connectivity index (χ1) is 9.43. The van der Waals surface area contributed by atoms with E-state index in [1.165, 1.54) is 0 Å². The smallest absolute Gasteiger partial charge is 0.164 e. The lowest BCUT2D eigenvalue weighted by Crippen LogP contribution is -2.13. The summed E-state index contributed by atoms with van der Waals surface area (Å²) in [6, 6.07) is 0. The van der Waals surface area contributed by atoms with Gasteiger partial charge in [-0.15, -0.1) is 5.10 Å². The molecule has 0 unspecified atom stereocenters. The van der Waals surface area contributed by atoms with Crippen LogP contribution in [0.2, 0.25) is 0 Å². The third kappa shape index (κ3) is 2.64. The fourth-order valence-electron chi connectivity index (χ4n) is 2.05. The predicted octanol–water partition coefficient (Wildman–Crippen LogP) is 2.54. The first kappa shape index (κ1) is 14.4. The number of rotatable bonds is 4. The molecule has 0 atom stereocenters. The molecule has 1 N–H and O–H groups in total. The molecule has 0 saturated carbocycles. The van der Waals surface area contributed by atoms with Crippen LogP contribution in [0.15, 0.2) is 0 Å². The molecule has 108 valence electrons. The molecule has 0 aliphatic heterocycles. The third-order valence-electron chi connectivity index (χ3n) is 3.07. The molecule has 0 saturated heterocycles. The molecule has 6 nitrogen and oxygen atoms in total. The van der Waals surface area contributed by atoms with Gasteiger partial charge in [0.25, 0.3) is 0 Å². The van der Waals surface area contributed by atoms with Crippen LogP contribution in [-0.4, -0.2) is 31.3 Å². The molecule has 0 aliphatic carbocycles. The van der Waals surface area contributed by atoms with E-state index in [4.69, 9.17) is 0 Å². The van der Waals surface area contributed by atoms with E-state index in [-0.39, 0.29) is 5.92 Å². The molecule has 0 aromatic carbocycles. The Morgan fingerprint density at radius 3 is 2.30 bits per heavy atom. The van der Waals surface area contributed by atoms with Gasteiger partial charge in [-0.05, 0) is 27.7 Å². The SMILES string of the molecule is CCNc1nc(C(C)C)nc(-n2nc(C)nc2C)c1C. The van der Waals surface area contributed by atoms with Crippen LogP contribution in [0.1, 0.15) is 49.7 Å². The largest absolute Gasteiger partial charge is 0.370 e. The fourth-order valence-corrected chi connectivity index (χ4v) is 2.05. The van der Waals surface area contributed by atoms with Crippen molar-refractivity contribution in [2.24, 2.45) is 0 Å². The summed E-state index contributed by atoms with van der Waals surface area (Å²) < 4.78 is 1.79. The lowest BCUT2D eigenvalue weighted by atomic mass is 10.2. The summed E-state index contributed by atoms with van der Waals surface area (Å²) in [5.41, 5.74) is 0.990. The van der Waals surface area contributed by atoms with Gasteiger partial charge in [0, 0.05) is 18.0 Å². The highest BCUT2D eigenvalue weighted by Crippen LogP contribution is 2.22. The number of hydrogen-bond donors (Lipinski definition) is 1. The molecule has 0 amide bonds. The molecule has 6 heteroatoms. The van der Waals surface area contributed by atoms with Crippen molar-refractivity contribution in [3.05, 3.63) is 23.0 Å². The molecular formula is C14H22N6. The molecule has 2 aromatic rings. The second-order valence-corrected chi connectivity index (χ2v) is 5.18. The van der Waals surface area contributed by atoms with Gasteiger partial charge in [0.15, 0.2) is 5.82 Å². The van der Waals surface area contributed by atoms with Crippen molar-refractivity contribution in [1.82, 2.24) is 24.7 Å². The van der Waals surface area contributed by atoms with E-state index in [9.17, 15) is 0 Å². The quantitative estimate of drug-likeness (QED) is 0.928. The Morgan fingerprint density at radius 2 is 1.80 bits per heavy atom. The van der Waals surface area contributed by atoms with Crippen molar-refractivity contribution < 1.29 is 0 Å². The molecule has 0 fully saturated rings. The highest BCUT2D eigenvalue weighted by atomic mass is 15.4. The highest BCUT2D eigenvalue weighted by Gasteiger charge is 2.16. The van der Waals surface area contributed by atoms with Gasteiger partial charge >= 0.3 is 0 Å². The Morgan fingerprint density at radius 1 is 1.10 bits per heavy atom. The summed E-state index contributed by atoms with van der Waals surface area (Å²) in [6.07, 6.45) is 0. The van der Waals surface area contributed by atoms with Crippen LogP contribution in [0.4, 0.5) is 5.82 Å². The minimum absolute atomic E-state index is 0.261. The first-order valence-corrected chi connectivity index (χ1v) is 6.97. The van der Waals surface area contributed by atoms with Crippen LogP contribution in [0.3, 0.4) is 0 Å². The van der Waals surface area contributed by atoms with Gasteiger partial charge in [0.05, 0.1) is 0 Å². The predicted molar refractivity (Wildman–Crippen MR) is 79.4 cm³/mol. The monoisotopic (exact) mass is 274 g/mol. The standard InChI is InChI=1S/C14H22N6/c1-7-15-13-9(4)14(18-12(17-13)8(2)3)20-11(6)16-10(5)19-20/h8H,7H2,1-6H3,(H,15,17,18). The molecule has 2 heterocycles. The zero-order valence-corrected chi connectivity index (χ0v) is 13.0. The summed E-state index contributed by atoms with van der Waals surface area (Å²) in [5.74, 6) is 4.33. The molecule has 2 aromatic heterocycles. The third-order valence-corrected chi connectivity index (χ3v) is 3.07. The van der Waals surface area contributed by atoms with Crippen molar-refractivity contribution >= 4 is 5.82 Å². The minimum atomic E-state index is 0.261. The van der Waals surface area contributed by atoms with E-state index < -0.39 is 0 Å². The molecule has 0 spiro atoms. The topological polar surface area (TPSA) is 68.5 Å². The molecular weight excluding hydrogens is 252 g/mol. The number of nitrogens with zero attached hydrogens (tertiary/aromatic N) is 5. The van der Waals surface area contributed by atoms with E-state index in [0.717, 1.165) is 41.2 Å². The van der Waals surface area contributed by atoms with Crippen molar-refractivity contribution in [3.8, 4) is 5.82 Å². The van der Waals surface area contributed by atoms with Gasteiger partial charge in [-0.1, -0.05) is 13.8 Å². The van der Waals surface area contributed by atoms with Crippen LogP contribution >= 0.6 is 0 Å². The van der Waals surface area contributed by atoms with Gasteiger partial charge in [0.1, 0.15) is 23.3 Å². The normalized spacial score (nSPS) is 11.2. The Bertz CT molecular complexity index is 614. The van der Waals surface area contributed by atoms with Gasteiger partial charge in [-0.25, -0.2) is 15.0 Å². The zero-order chi connectivity index (χ0) is 14.9. The lowest BCUT2D eigenvalue weighted by Gasteiger charge is -2.15. The second-order valence-electron chi connectivity index (χ2n) is 5.18. The maximum Gasteiger partial charge on any atom is 0.164 e. The van der Waals surface area contributed by atoms with E-state index >= 15 is 0 Å². The van der Waals surface area contributed by atoms with Gasteiger partial charge in [-0.2, -0.15) is 4.68 Å². The van der Waals surface area contributed by atoms with Gasteiger partial charge in [-0.3, -0.25) is 0 Å². The van der Waals surface area contributed by atoms with Crippen LogP contribution in [-0.2, 0) is 0 Å². The Hall–Kier alpha value is -1.98. The summed E-state index contributed by atoms with van der Waals surface area (Å²) in [4.78, 5) is 13.6. The second kappa shape index (κ2) is 5.56. The van der Waals surface area contributed by atoms with E-state index in [2.05, 4.69) is 46.1 Å². The van der Waals surface area contributed by atoms with E-state index in [1.54, 1.807) is 4.68 Å². The van der Waals surface area contributed by atoms with E-state index in [1.807, 2.05) is 20.8 Å². The highest BCUT2D eigenvalue weighted by molar-refractivity contribution is 5.51. The first-order valence-electron chi connectivity index (χ1n) is 6.97. The van der Waals surface area contributed by atoms with Gasteiger partial charge < -0.3 is 5.32 Å². The fraction of sp³-hybridized carbons (Fsp3) is 0.571. The molecule has 0 radical (unpaired) electrons. The average Bonchev–Trinajstić information content (AvgIpc) is 2.71. The summed E-state index contributed by atoms with van der Waals surface area (Å²) in [5, 5.41) is 7.73. The summed E-state index contributed by atoms with van der Waals surface area (Å²) in [7, 11) is 0. The maximum absolute atomic E-state index is 4.67. The van der Waals surface area contributed by atoms with Crippen molar-refractivity contribution in [1.29, 1.82) is 0 Å². The number of aryl methyl sites for hydroxylation is 2. The van der Waals surface area contributed by atoms with Crippen LogP contribution in [0.5, 0.6) is 0 Å². The molecule has 0 aliphatic rings. The average molecular weight is 274 g/mol. The maximum atomic E-state index is 4.67. The lowest BCUT2D eigenvalue weighted by molar-refractivity contribution is 0.729. The minimum Gasteiger partial charge on any atom is -0.370 e. The van der Waals surface area contributed by atoms with Crippen LogP contribution < -0.4 is 5.32 Å². The Kier molecular flexibility index (Phi) is 4.01. The number of aromatic nitrogens is 5. The Labute approximate surface area is 119 Å². The zero-order valence-electron chi connectivity index (χ0n) is 13.0. The Balaban J connectivity index is 2.64.